The fourth-order valence-corrected chi connectivity index (χ4v) is 4.64. The summed E-state index contributed by atoms with van der Waals surface area (Å²) in [5.41, 5.74) is 5.72. The van der Waals surface area contributed by atoms with Gasteiger partial charge in [-0.15, -0.1) is 0 Å². The number of carbonyl (C=O) groups is 1. The summed E-state index contributed by atoms with van der Waals surface area (Å²) in [6.07, 6.45) is 1.76. The average molecular weight is 414 g/mol. The molecule has 0 aliphatic rings. The molecule has 0 saturated carbocycles. The van der Waals surface area contributed by atoms with Gasteiger partial charge in [0.1, 0.15) is 6.54 Å². The zero-order valence-corrected chi connectivity index (χ0v) is 17.4. The molecule has 3 heterocycles. The number of carbonyl (C=O) groups excluding carboxylic acids is 1. The molecular formula is C23H19N5OS. The first-order chi connectivity index (χ1) is 14.6. The van der Waals surface area contributed by atoms with Crippen molar-refractivity contribution in [3.63, 3.8) is 0 Å². The Bertz CT molecular complexity index is 1390. The number of amides is 1. The van der Waals surface area contributed by atoms with Crippen LogP contribution in [0.2, 0.25) is 0 Å². The molecule has 30 heavy (non-hydrogen) atoms. The van der Waals surface area contributed by atoms with Gasteiger partial charge in [0.25, 0.3) is 0 Å². The number of benzene rings is 2. The SMILES string of the molecule is Cc1cccc2sc(NC(=O)Cn3nc(C)c4c(-c5ccccc5)ccnc43)nc12. The quantitative estimate of drug-likeness (QED) is 0.452. The lowest BCUT2D eigenvalue weighted by atomic mass is 10.0. The Kier molecular flexibility index (Phi) is 4.52. The topological polar surface area (TPSA) is 72.7 Å². The number of rotatable bonds is 4. The van der Waals surface area contributed by atoms with E-state index < -0.39 is 0 Å². The van der Waals surface area contributed by atoms with Gasteiger partial charge in [0, 0.05) is 11.6 Å². The van der Waals surface area contributed by atoms with Crippen molar-refractivity contribution in [2.45, 2.75) is 20.4 Å². The summed E-state index contributed by atoms with van der Waals surface area (Å²) in [5.74, 6) is -0.178. The number of fused-ring (bicyclic) bond motifs is 2. The predicted molar refractivity (Wildman–Crippen MR) is 121 cm³/mol. The van der Waals surface area contributed by atoms with Crippen LogP contribution >= 0.6 is 11.3 Å². The zero-order valence-electron chi connectivity index (χ0n) is 16.6. The van der Waals surface area contributed by atoms with Gasteiger partial charge in [-0.05, 0) is 42.7 Å². The number of aryl methyl sites for hydroxylation is 2. The minimum absolute atomic E-state index is 0.0739. The third-order valence-corrected chi connectivity index (χ3v) is 5.99. The van der Waals surface area contributed by atoms with Crippen LogP contribution in [0.3, 0.4) is 0 Å². The summed E-state index contributed by atoms with van der Waals surface area (Å²) in [5, 5.41) is 9.06. The van der Waals surface area contributed by atoms with Gasteiger partial charge in [-0.2, -0.15) is 5.10 Å². The van der Waals surface area contributed by atoms with Gasteiger partial charge in [-0.25, -0.2) is 14.6 Å². The average Bonchev–Trinajstić information content (AvgIpc) is 3.30. The number of thiazole rings is 1. The highest BCUT2D eigenvalue weighted by molar-refractivity contribution is 7.22. The van der Waals surface area contributed by atoms with Crippen LogP contribution in [-0.4, -0.2) is 25.7 Å². The van der Waals surface area contributed by atoms with Crippen LogP contribution < -0.4 is 5.32 Å². The summed E-state index contributed by atoms with van der Waals surface area (Å²) < 4.78 is 2.71. The normalized spacial score (nSPS) is 11.3. The van der Waals surface area contributed by atoms with Gasteiger partial charge < -0.3 is 5.32 Å². The lowest BCUT2D eigenvalue weighted by Gasteiger charge is -2.05. The molecule has 0 atom stereocenters. The maximum absolute atomic E-state index is 12.7. The van der Waals surface area contributed by atoms with Crippen molar-refractivity contribution in [2.24, 2.45) is 0 Å². The minimum atomic E-state index is -0.178. The number of pyridine rings is 1. The summed E-state index contributed by atoms with van der Waals surface area (Å²) in [7, 11) is 0. The number of nitrogens with zero attached hydrogens (tertiary/aromatic N) is 4. The van der Waals surface area contributed by atoms with Crippen LogP contribution in [0.1, 0.15) is 11.3 Å². The monoisotopic (exact) mass is 413 g/mol. The van der Waals surface area contributed by atoms with Crippen LogP contribution in [0.5, 0.6) is 0 Å². The second-order valence-electron chi connectivity index (χ2n) is 7.16. The number of hydrogen-bond donors (Lipinski definition) is 1. The zero-order chi connectivity index (χ0) is 20.7. The fraction of sp³-hybridized carbons (Fsp3) is 0.130. The van der Waals surface area contributed by atoms with E-state index in [4.69, 9.17) is 0 Å². The van der Waals surface area contributed by atoms with Gasteiger partial charge in [0.15, 0.2) is 10.8 Å². The molecule has 5 aromatic rings. The van der Waals surface area contributed by atoms with Crippen molar-refractivity contribution < 1.29 is 4.79 Å². The van der Waals surface area contributed by atoms with Crippen molar-refractivity contribution in [1.29, 1.82) is 0 Å². The number of anilines is 1. The van der Waals surface area contributed by atoms with E-state index in [-0.39, 0.29) is 12.5 Å². The Morgan fingerprint density at radius 3 is 2.70 bits per heavy atom. The van der Waals surface area contributed by atoms with E-state index in [0.717, 1.165) is 38.0 Å². The van der Waals surface area contributed by atoms with E-state index in [2.05, 4.69) is 32.5 Å². The number of aromatic nitrogens is 4. The van der Waals surface area contributed by atoms with Crippen LogP contribution in [0, 0.1) is 13.8 Å². The van der Waals surface area contributed by atoms with Crippen molar-refractivity contribution in [2.75, 3.05) is 5.32 Å². The van der Waals surface area contributed by atoms with Crippen molar-refractivity contribution in [1.82, 2.24) is 19.7 Å². The molecule has 5 rings (SSSR count). The Balaban J connectivity index is 1.45. The molecule has 0 saturated heterocycles. The maximum Gasteiger partial charge on any atom is 0.247 e. The van der Waals surface area contributed by atoms with E-state index in [1.54, 1.807) is 10.9 Å². The van der Waals surface area contributed by atoms with Crippen molar-refractivity contribution in [3.05, 3.63) is 72.1 Å². The first-order valence-electron chi connectivity index (χ1n) is 9.64. The van der Waals surface area contributed by atoms with Crippen molar-refractivity contribution >= 4 is 43.6 Å². The standard InChI is InChI=1S/C23H19N5OS/c1-14-7-6-10-18-21(14)26-23(30-18)25-19(29)13-28-22-20(15(2)27-28)17(11-12-24-22)16-8-4-3-5-9-16/h3-12H,13H2,1-2H3,(H,25,26,29). The number of para-hydroxylation sites is 1. The smallest absolute Gasteiger partial charge is 0.247 e. The Morgan fingerprint density at radius 2 is 1.90 bits per heavy atom. The highest BCUT2D eigenvalue weighted by atomic mass is 32.1. The first kappa shape index (κ1) is 18.4. The van der Waals surface area contributed by atoms with Crippen LogP contribution in [0.15, 0.2) is 60.8 Å². The highest BCUT2D eigenvalue weighted by Gasteiger charge is 2.17. The Hall–Kier alpha value is -3.58. The first-order valence-corrected chi connectivity index (χ1v) is 10.5. The second-order valence-corrected chi connectivity index (χ2v) is 8.19. The Morgan fingerprint density at radius 1 is 1.07 bits per heavy atom. The summed E-state index contributed by atoms with van der Waals surface area (Å²) in [6.45, 7) is 4.04. The van der Waals surface area contributed by atoms with E-state index in [1.165, 1.54) is 11.3 Å². The molecule has 7 heteroatoms. The molecule has 0 spiro atoms. The van der Waals surface area contributed by atoms with E-state index in [1.807, 2.05) is 56.3 Å². The van der Waals surface area contributed by atoms with Gasteiger partial charge in [-0.1, -0.05) is 53.8 Å². The lowest BCUT2D eigenvalue weighted by molar-refractivity contribution is -0.116. The number of hydrogen-bond acceptors (Lipinski definition) is 5. The second kappa shape index (κ2) is 7.35. The highest BCUT2D eigenvalue weighted by Crippen LogP contribution is 2.30. The molecule has 0 radical (unpaired) electrons. The molecular weight excluding hydrogens is 394 g/mol. The van der Waals surface area contributed by atoms with E-state index in [9.17, 15) is 4.79 Å². The largest absolute Gasteiger partial charge is 0.300 e. The van der Waals surface area contributed by atoms with Gasteiger partial charge in [-0.3, -0.25) is 4.79 Å². The fourth-order valence-electron chi connectivity index (χ4n) is 3.68. The third kappa shape index (κ3) is 3.23. The molecule has 0 unspecified atom stereocenters. The molecule has 0 bridgehead atoms. The van der Waals surface area contributed by atoms with Gasteiger partial charge in [0.2, 0.25) is 5.91 Å². The van der Waals surface area contributed by atoms with E-state index in [0.29, 0.717) is 10.8 Å². The molecule has 0 aliphatic carbocycles. The predicted octanol–water partition coefficient (Wildman–Crippen LogP) is 4.96. The third-order valence-electron chi connectivity index (χ3n) is 5.05. The minimum Gasteiger partial charge on any atom is -0.300 e. The Labute approximate surface area is 177 Å². The molecule has 1 amide bonds. The van der Waals surface area contributed by atoms with Gasteiger partial charge >= 0.3 is 0 Å². The maximum atomic E-state index is 12.7. The number of nitrogens with one attached hydrogen (secondary N) is 1. The summed E-state index contributed by atoms with van der Waals surface area (Å²) >= 11 is 1.47. The lowest BCUT2D eigenvalue weighted by Crippen LogP contribution is -2.19. The van der Waals surface area contributed by atoms with Crippen LogP contribution in [0.25, 0.3) is 32.4 Å². The summed E-state index contributed by atoms with van der Waals surface area (Å²) in [4.78, 5) is 21.8. The molecule has 0 aliphatic heterocycles. The van der Waals surface area contributed by atoms with Crippen LogP contribution in [-0.2, 0) is 11.3 Å². The molecule has 1 N–H and O–H groups in total. The molecule has 3 aromatic heterocycles. The molecule has 148 valence electrons. The van der Waals surface area contributed by atoms with Crippen molar-refractivity contribution in [3.8, 4) is 11.1 Å². The van der Waals surface area contributed by atoms with Crippen LogP contribution in [0.4, 0.5) is 5.13 Å². The summed E-state index contributed by atoms with van der Waals surface area (Å²) in [6, 6.07) is 18.1. The van der Waals surface area contributed by atoms with Gasteiger partial charge in [0.05, 0.1) is 15.9 Å². The van der Waals surface area contributed by atoms with E-state index >= 15 is 0 Å². The molecule has 2 aromatic carbocycles. The molecule has 0 fully saturated rings. The molecule has 6 nitrogen and oxygen atoms in total.